The summed E-state index contributed by atoms with van der Waals surface area (Å²) in [6, 6.07) is 10.2. The molecule has 1 aromatic carbocycles. The fraction of sp³-hybridized carbons (Fsp3) is 0.0833. The van der Waals surface area contributed by atoms with E-state index in [2.05, 4.69) is 18.6 Å². The van der Waals surface area contributed by atoms with Crippen molar-refractivity contribution in [3.05, 3.63) is 60.8 Å². The van der Waals surface area contributed by atoms with E-state index in [1.807, 2.05) is 36.7 Å². The van der Waals surface area contributed by atoms with E-state index in [-0.39, 0.29) is 0 Å². The molecule has 0 saturated heterocycles. The van der Waals surface area contributed by atoms with Crippen LogP contribution in [0.1, 0.15) is 5.56 Å². The lowest BCUT2D eigenvalue weighted by Gasteiger charge is -2.26. The highest BCUT2D eigenvalue weighted by Crippen LogP contribution is 2.21. The fourth-order valence-electron chi connectivity index (χ4n) is 1.37. The molecule has 0 spiro atoms. The molecule has 0 N–H and O–H groups in total. The van der Waals surface area contributed by atoms with Gasteiger partial charge in [-0.15, -0.1) is 18.1 Å². The second-order valence-corrected chi connectivity index (χ2v) is 3.00. The van der Waals surface area contributed by atoms with Crippen molar-refractivity contribution in [1.29, 1.82) is 0 Å². The van der Waals surface area contributed by atoms with E-state index >= 15 is 0 Å². The third-order valence-corrected chi connectivity index (χ3v) is 2.09. The zero-order valence-corrected chi connectivity index (χ0v) is 8.05. The van der Waals surface area contributed by atoms with Gasteiger partial charge in [0.1, 0.15) is 0 Å². The molecule has 0 fully saturated rings. The summed E-state index contributed by atoms with van der Waals surface area (Å²) in [6.07, 6.45) is 7.85. The van der Waals surface area contributed by atoms with Gasteiger partial charge in [-0.3, -0.25) is 4.84 Å². The average molecular weight is 186 g/mol. The first-order chi connectivity index (χ1) is 6.90. The molecule has 2 nitrogen and oxygen atoms in total. The number of hydrogen-bond acceptors (Lipinski definition) is 2. The summed E-state index contributed by atoms with van der Waals surface area (Å²) in [5, 5.41) is 1.68. The Labute approximate surface area is 84.1 Å². The average Bonchev–Trinajstić information content (AvgIpc) is 2.30. The first kappa shape index (κ1) is 8.91. The maximum absolute atomic E-state index is 5.09. The third-order valence-electron chi connectivity index (χ3n) is 2.09. The highest BCUT2D eigenvalue weighted by molar-refractivity contribution is 5.74. The van der Waals surface area contributed by atoms with Crippen LogP contribution in [0, 0.1) is 6.42 Å². The zero-order valence-electron chi connectivity index (χ0n) is 8.05. The normalized spacial score (nSPS) is 14.9. The Hall–Kier alpha value is -1.67. The molecule has 1 aliphatic rings. The molecule has 0 unspecified atom stereocenters. The Morgan fingerprint density at radius 2 is 2.00 bits per heavy atom. The smallest absolute Gasteiger partial charge is 0.0623 e. The van der Waals surface area contributed by atoms with E-state index < -0.39 is 0 Å². The van der Waals surface area contributed by atoms with Crippen molar-refractivity contribution in [2.24, 2.45) is 0 Å². The molecule has 72 valence electrons. The van der Waals surface area contributed by atoms with E-state index in [4.69, 9.17) is 4.84 Å². The Bertz CT molecular complexity index is 354. The minimum atomic E-state index is 1.15. The van der Waals surface area contributed by atoms with Gasteiger partial charge in [-0.1, -0.05) is 42.1 Å². The summed E-state index contributed by atoms with van der Waals surface area (Å²) < 4.78 is 0. The summed E-state index contributed by atoms with van der Waals surface area (Å²) in [6.45, 7) is 0. The number of allylic oxidation sites excluding steroid dienone is 2. The molecule has 14 heavy (non-hydrogen) atoms. The Morgan fingerprint density at radius 1 is 1.21 bits per heavy atom. The van der Waals surface area contributed by atoms with Gasteiger partial charge in [0.05, 0.1) is 7.11 Å². The molecule has 2 heteroatoms. The van der Waals surface area contributed by atoms with Crippen LogP contribution in [-0.4, -0.2) is 12.2 Å². The standard InChI is InChI=1S/C12H12NO/c1-14-13-9-5-8-12(10-13)11-6-3-2-4-7-11/h2-10H,1H3/q-1. The van der Waals surface area contributed by atoms with Crippen LogP contribution in [0.25, 0.3) is 5.57 Å². The number of hydroxylamine groups is 2. The lowest BCUT2D eigenvalue weighted by Crippen LogP contribution is -2.10. The Kier molecular flexibility index (Phi) is 2.56. The molecular weight excluding hydrogens is 174 g/mol. The number of rotatable bonds is 2. The van der Waals surface area contributed by atoms with Crippen molar-refractivity contribution in [1.82, 2.24) is 5.06 Å². The van der Waals surface area contributed by atoms with Crippen molar-refractivity contribution < 1.29 is 4.84 Å². The second kappa shape index (κ2) is 4.03. The minimum absolute atomic E-state index is 1.15. The molecule has 0 aliphatic carbocycles. The van der Waals surface area contributed by atoms with E-state index in [9.17, 15) is 0 Å². The van der Waals surface area contributed by atoms with Gasteiger partial charge in [-0.25, -0.2) is 0 Å². The van der Waals surface area contributed by atoms with Crippen molar-refractivity contribution in [3.8, 4) is 0 Å². The van der Waals surface area contributed by atoms with Crippen LogP contribution in [0.15, 0.2) is 48.8 Å². The van der Waals surface area contributed by atoms with Gasteiger partial charge >= 0.3 is 0 Å². The van der Waals surface area contributed by atoms with Crippen molar-refractivity contribution in [2.45, 2.75) is 0 Å². The Balaban J connectivity index is 2.24. The summed E-state index contributed by atoms with van der Waals surface area (Å²) in [5.41, 5.74) is 2.34. The highest BCUT2D eigenvalue weighted by Gasteiger charge is 1.97. The van der Waals surface area contributed by atoms with E-state index in [1.54, 1.807) is 12.2 Å². The molecule has 1 aromatic rings. The quantitative estimate of drug-likeness (QED) is 0.658. The lowest BCUT2D eigenvalue weighted by atomic mass is 10.0. The van der Waals surface area contributed by atoms with Crippen LogP contribution in [0.2, 0.25) is 0 Å². The largest absolute Gasteiger partial charge is 0.316 e. The van der Waals surface area contributed by atoms with Crippen molar-refractivity contribution in [3.63, 3.8) is 0 Å². The van der Waals surface area contributed by atoms with Gasteiger partial charge in [0.2, 0.25) is 0 Å². The second-order valence-electron chi connectivity index (χ2n) is 3.00. The molecular formula is C12H12NO-. The predicted octanol–water partition coefficient (Wildman–Crippen LogP) is 2.62. The van der Waals surface area contributed by atoms with Gasteiger partial charge in [0.15, 0.2) is 0 Å². The summed E-state index contributed by atoms with van der Waals surface area (Å²) in [7, 11) is 1.65. The Morgan fingerprint density at radius 3 is 2.71 bits per heavy atom. The lowest BCUT2D eigenvalue weighted by molar-refractivity contribution is -0.0438. The highest BCUT2D eigenvalue weighted by atomic mass is 16.7. The van der Waals surface area contributed by atoms with Crippen LogP contribution in [0.5, 0.6) is 0 Å². The van der Waals surface area contributed by atoms with Gasteiger partial charge in [0.25, 0.3) is 0 Å². The molecule has 1 heterocycles. The van der Waals surface area contributed by atoms with Crippen LogP contribution in [-0.2, 0) is 4.84 Å². The first-order valence-corrected chi connectivity index (χ1v) is 4.51. The number of benzene rings is 1. The molecule has 0 atom stereocenters. The topological polar surface area (TPSA) is 12.5 Å². The maximum atomic E-state index is 5.09. The minimum Gasteiger partial charge on any atom is -0.316 e. The van der Waals surface area contributed by atoms with Crippen LogP contribution in [0.4, 0.5) is 0 Å². The molecule has 1 aliphatic heterocycles. The predicted molar refractivity (Wildman–Crippen MR) is 56.7 cm³/mol. The third kappa shape index (κ3) is 1.80. The van der Waals surface area contributed by atoms with Crippen LogP contribution in [0.3, 0.4) is 0 Å². The molecule has 0 radical (unpaired) electrons. The molecule has 0 aromatic heterocycles. The van der Waals surface area contributed by atoms with Crippen molar-refractivity contribution in [2.75, 3.05) is 7.11 Å². The van der Waals surface area contributed by atoms with Gasteiger partial charge in [0, 0.05) is 0 Å². The van der Waals surface area contributed by atoms with Gasteiger partial charge < -0.3 is 5.06 Å². The van der Waals surface area contributed by atoms with E-state index in [0.717, 1.165) is 5.57 Å². The van der Waals surface area contributed by atoms with Gasteiger partial charge in [-0.2, -0.15) is 0 Å². The maximum Gasteiger partial charge on any atom is 0.0623 e. The van der Waals surface area contributed by atoms with E-state index in [0.29, 0.717) is 0 Å². The molecule has 0 bridgehead atoms. The summed E-state index contributed by atoms with van der Waals surface area (Å²) >= 11 is 0. The number of hydrogen-bond donors (Lipinski definition) is 0. The fourth-order valence-corrected chi connectivity index (χ4v) is 1.37. The van der Waals surface area contributed by atoms with Crippen LogP contribution >= 0.6 is 0 Å². The summed E-state index contributed by atoms with van der Waals surface area (Å²) in [5.74, 6) is 0. The molecule has 2 rings (SSSR count). The number of nitrogens with zero attached hydrogens (tertiary/aromatic N) is 1. The van der Waals surface area contributed by atoms with E-state index in [1.165, 1.54) is 5.56 Å². The SMILES string of the molecule is CON1C=C[CH-]C(c2ccccc2)=C1. The summed E-state index contributed by atoms with van der Waals surface area (Å²) in [4.78, 5) is 5.09. The first-order valence-electron chi connectivity index (χ1n) is 4.51. The van der Waals surface area contributed by atoms with Crippen LogP contribution < -0.4 is 0 Å². The van der Waals surface area contributed by atoms with Crippen molar-refractivity contribution >= 4 is 5.57 Å². The molecule has 0 amide bonds. The zero-order chi connectivity index (χ0) is 9.80. The van der Waals surface area contributed by atoms with Gasteiger partial charge in [-0.05, 0) is 6.20 Å². The monoisotopic (exact) mass is 186 g/mol. The molecule has 0 saturated carbocycles.